The van der Waals surface area contributed by atoms with Gasteiger partial charge in [-0.1, -0.05) is 12.5 Å². The predicted molar refractivity (Wildman–Crippen MR) is 90.3 cm³/mol. The topological polar surface area (TPSA) is 49.0 Å². The zero-order chi connectivity index (χ0) is 15.6. The van der Waals surface area contributed by atoms with Gasteiger partial charge in [-0.05, 0) is 55.1 Å². The van der Waals surface area contributed by atoms with Crippen LogP contribution in [0.3, 0.4) is 0 Å². The van der Waals surface area contributed by atoms with Gasteiger partial charge < -0.3 is 4.98 Å². The number of carbonyl (C=O) groups is 1. The van der Waals surface area contributed by atoms with Crippen molar-refractivity contribution in [3.63, 3.8) is 0 Å². The van der Waals surface area contributed by atoms with Gasteiger partial charge in [-0.15, -0.1) is 0 Å². The Kier molecular flexibility index (Phi) is 3.83. The summed E-state index contributed by atoms with van der Waals surface area (Å²) in [7, 11) is 0. The van der Waals surface area contributed by atoms with Gasteiger partial charge >= 0.3 is 0 Å². The molecule has 0 amide bonds. The molecule has 0 bridgehead atoms. The zero-order valence-electron chi connectivity index (χ0n) is 13.2. The first kappa shape index (κ1) is 14.4. The van der Waals surface area contributed by atoms with Crippen LogP contribution < -0.4 is 0 Å². The van der Waals surface area contributed by atoms with Crippen molar-refractivity contribution in [1.29, 1.82) is 0 Å². The molecule has 4 heterocycles. The Hall–Kier alpha value is -2.20. The fourth-order valence-electron chi connectivity index (χ4n) is 3.70. The van der Waals surface area contributed by atoms with E-state index in [9.17, 15) is 4.79 Å². The second-order valence-electron chi connectivity index (χ2n) is 6.45. The van der Waals surface area contributed by atoms with Crippen molar-refractivity contribution in [2.24, 2.45) is 0 Å². The maximum absolute atomic E-state index is 12.5. The van der Waals surface area contributed by atoms with E-state index in [4.69, 9.17) is 0 Å². The van der Waals surface area contributed by atoms with Gasteiger partial charge in [0.05, 0.1) is 5.69 Å². The molecule has 1 atom stereocenters. The number of nitrogens with one attached hydrogen (secondary N) is 1. The number of fused-ring (bicyclic) bond motifs is 1. The van der Waals surface area contributed by atoms with Crippen molar-refractivity contribution < 1.29 is 4.79 Å². The number of rotatable bonds is 3. The molecule has 2 aromatic rings. The number of nitrogens with zero attached hydrogens (tertiary/aromatic N) is 2. The van der Waals surface area contributed by atoms with E-state index >= 15 is 0 Å². The predicted octanol–water partition coefficient (Wildman–Crippen LogP) is 3.28. The van der Waals surface area contributed by atoms with Gasteiger partial charge in [0.25, 0.3) is 0 Å². The van der Waals surface area contributed by atoms with Gasteiger partial charge in [-0.2, -0.15) is 0 Å². The van der Waals surface area contributed by atoms with Crippen LogP contribution in [0.5, 0.6) is 0 Å². The summed E-state index contributed by atoms with van der Waals surface area (Å²) in [6.45, 7) is 2.27. The molecular weight excluding hydrogens is 286 g/mol. The maximum atomic E-state index is 12.5. The van der Waals surface area contributed by atoms with Gasteiger partial charge in [0.2, 0.25) is 5.78 Å². The third-order valence-electron chi connectivity index (χ3n) is 5.00. The molecule has 0 aromatic carbocycles. The van der Waals surface area contributed by atoms with Crippen LogP contribution in [0.4, 0.5) is 0 Å². The fourth-order valence-corrected chi connectivity index (χ4v) is 3.70. The number of carbonyl (C=O) groups excluding carboxylic acids is 1. The highest BCUT2D eigenvalue weighted by molar-refractivity contribution is 6.08. The van der Waals surface area contributed by atoms with Crippen molar-refractivity contribution in [3.8, 4) is 0 Å². The molecule has 0 radical (unpaired) electrons. The summed E-state index contributed by atoms with van der Waals surface area (Å²) in [4.78, 5) is 22.2. The molecule has 4 heteroatoms. The second-order valence-corrected chi connectivity index (χ2v) is 6.45. The van der Waals surface area contributed by atoms with Crippen LogP contribution >= 0.6 is 0 Å². The molecule has 23 heavy (non-hydrogen) atoms. The van der Waals surface area contributed by atoms with Crippen LogP contribution in [-0.4, -0.2) is 39.8 Å². The first-order chi connectivity index (χ1) is 11.3. The third-order valence-corrected chi connectivity index (χ3v) is 5.00. The van der Waals surface area contributed by atoms with Crippen molar-refractivity contribution in [3.05, 3.63) is 59.7 Å². The molecule has 1 saturated heterocycles. The van der Waals surface area contributed by atoms with E-state index in [1.165, 1.54) is 31.4 Å². The molecule has 0 spiro atoms. The number of pyridine rings is 1. The van der Waals surface area contributed by atoms with E-state index in [0.717, 1.165) is 18.5 Å². The molecule has 4 rings (SSSR count). The summed E-state index contributed by atoms with van der Waals surface area (Å²) in [5.74, 6) is 0.0000485. The molecule has 118 valence electrons. The smallest absolute Gasteiger partial charge is 0.210 e. The number of piperidine rings is 1. The molecule has 2 aliphatic heterocycles. The van der Waals surface area contributed by atoms with Crippen LogP contribution in [0.15, 0.2) is 42.9 Å². The van der Waals surface area contributed by atoms with E-state index in [0.29, 0.717) is 17.3 Å². The summed E-state index contributed by atoms with van der Waals surface area (Å²) in [5, 5.41) is 0. The lowest BCUT2D eigenvalue weighted by atomic mass is 9.89. The monoisotopic (exact) mass is 307 g/mol. The largest absolute Gasteiger partial charge is 0.358 e. The number of hydrogen-bond donors (Lipinski definition) is 1. The minimum absolute atomic E-state index is 0.0000485. The van der Waals surface area contributed by atoms with Gasteiger partial charge in [0, 0.05) is 36.7 Å². The van der Waals surface area contributed by atoms with E-state index in [2.05, 4.69) is 20.9 Å². The van der Waals surface area contributed by atoms with Crippen LogP contribution in [0, 0.1) is 0 Å². The summed E-state index contributed by atoms with van der Waals surface area (Å²) < 4.78 is 0. The molecule has 2 aromatic heterocycles. The lowest BCUT2D eigenvalue weighted by Crippen LogP contribution is -2.41. The number of H-pyrrole nitrogens is 1. The Morgan fingerprint density at radius 3 is 3.17 bits per heavy atom. The van der Waals surface area contributed by atoms with Gasteiger partial charge in [-0.3, -0.25) is 14.7 Å². The molecule has 1 unspecified atom stereocenters. The Balaban J connectivity index is 1.54. The average Bonchev–Trinajstić information content (AvgIpc) is 3.11. The van der Waals surface area contributed by atoms with Crippen molar-refractivity contribution in [1.82, 2.24) is 14.9 Å². The van der Waals surface area contributed by atoms with Crippen molar-refractivity contribution >= 4 is 11.4 Å². The van der Waals surface area contributed by atoms with E-state index in [1.807, 2.05) is 12.3 Å². The average molecular weight is 307 g/mol. The van der Waals surface area contributed by atoms with Gasteiger partial charge in [0.1, 0.15) is 0 Å². The van der Waals surface area contributed by atoms with Gasteiger partial charge in [-0.25, -0.2) is 0 Å². The highest BCUT2D eigenvalue weighted by Crippen LogP contribution is 2.31. The first-order valence-corrected chi connectivity index (χ1v) is 8.38. The van der Waals surface area contributed by atoms with Crippen LogP contribution in [0.25, 0.3) is 5.57 Å². The third kappa shape index (κ3) is 2.86. The highest BCUT2D eigenvalue weighted by atomic mass is 16.1. The summed E-state index contributed by atoms with van der Waals surface area (Å²) in [6.07, 6.45) is 12.6. The molecular formula is C19H21N3O. The second kappa shape index (κ2) is 6.13. The number of aromatic amines is 1. The Morgan fingerprint density at radius 1 is 1.35 bits per heavy atom. The Morgan fingerprint density at radius 2 is 2.30 bits per heavy atom. The normalized spacial score (nSPS) is 21.6. The minimum Gasteiger partial charge on any atom is -0.358 e. The van der Waals surface area contributed by atoms with E-state index in [-0.39, 0.29) is 5.78 Å². The maximum Gasteiger partial charge on any atom is 0.210 e. The van der Waals surface area contributed by atoms with Crippen molar-refractivity contribution in [2.75, 3.05) is 13.1 Å². The number of hydrogen-bond acceptors (Lipinski definition) is 3. The molecule has 1 fully saturated rings. The Bertz CT molecular complexity index is 732. The van der Waals surface area contributed by atoms with Crippen LogP contribution in [0.2, 0.25) is 0 Å². The van der Waals surface area contributed by atoms with Crippen molar-refractivity contribution in [2.45, 2.75) is 31.7 Å². The SMILES string of the molecule is O=C(c1cccnc1)c1cc(C2=CCN3CCCCC3C2)c[nH]1. The lowest BCUT2D eigenvalue weighted by molar-refractivity contribution is 0.103. The summed E-state index contributed by atoms with van der Waals surface area (Å²) >= 11 is 0. The van der Waals surface area contributed by atoms with Gasteiger partial charge in [0.15, 0.2) is 0 Å². The van der Waals surface area contributed by atoms with Crippen LogP contribution in [-0.2, 0) is 0 Å². The number of ketones is 1. The standard InChI is InChI=1S/C19H21N3O/c23-19(15-4-3-7-20-12-15)18-11-16(13-21-18)14-6-9-22-8-2-1-5-17(22)10-14/h3-4,6-7,11-13,17,21H,1-2,5,8-10H2. The zero-order valence-corrected chi connectivity index (χ0v) is 13.2. The fraction of sp³-hybridized carbons (Fsp3) is 0.368. The van der Waals surface area contributed by atoms with E-state index < -0.39 is 0 Å². The molecule has 2 aliphatic rings. The summed E-state index contributed by atoms with van der Waals surface area (Å²) in [5.41, 5.74) is 3.79. The Labute approximate surface area is 136 Å². The first-order valence-electron chi connectivity index (χ1n) is 8.38. The minimum atomic E-state index is 0.0000485. The lowest BCUT2D eigenvalue weighted by Gasteiger charge is -2.38. The molecule has 0 saturated carbocycles. The summed E-state index contributed by atoms with van der Waals surface area (Å²) in [6, 6.07) is 6.25. The van der Waals surface area contributed by atoms with Crippen LogP contribution in [0.1, 0.15) is 47.3 Å². The number of aromatic nitrogens is 2. The molecule has 1 N–H and O–H groups in total. The quantitative estimate of drug-likeness (QED) is 0.885. The molecule has 4 nitrogen and oxygen atoms in total. The highest BCUT2D eigenvalue weighted by Gasteiger charge is 2.26. The van der Waals surface area contributed by atoms with E-state index in [1.54, 1.807) is 24.5 Å². The molecule has 0 aliphatic carbocycles.